The molecule has 28 heavy (non-hydrogen) atoms. The van der Waals surface area contributed by atoms with Gasteiger partial charge in [0.1, 0.15) is 11.4 Å². The summed E-state index contributed by atoms with van der Waals surface area (Å²) in [5.41, 5.74) is 11.1. The zero-order valence-electron chi connectivity index (χ0n) is 15.7. The Balaban J connectivity index is 1.78. The van der Waals surface area contributed by atoms with Gasteiger partial charge in [0.15, 0.2) is 5.82 Å². The van der Waals surface area contributed by atoms with Crippen molar-refractivity contribution < 1.29 is 4.74 Å². The van der Waals surface area contributed by atoms with Gasteiger partial charge in [-0.25, -0.2) is 9.97 Å². The number of nitrogens with two attached hydrogens (primary N) is 1. The van der Waals surface area contributed by atoms with Crippen molar-refractivity contribution in [2.45, 2.75) is 19.9 Å². The van der Waals surface area contributed by atoms with Crippen molar-refractivity contribution in [1.29, 1.82) is 0 Å². The maximum atomic E-state index is 6.48. The van der Waals surface area contributed by atoms with Crippen LogP contribution in [0.25, 0.3) is 22.3 Å². The number of anilines is 1. The lowest BCUT2D eigenvalue weighted by atomic mass is 10.1. The third-order valence-electron chi connectivity index (χ3n) is 4.65. The summed E-state index contributed by atoms with van der Waals surface area (Å²) in [6.45, 7) is 2.70. The lowest BCUT2D eigenvalue weighted by molar-refractivity contribution is 0.415. The van der Waals surface area contributed by atoms with Gasteiger partial charge in [0.05, 0.1) is 35.9 Å². The van der Waals surface area contributed by atoms with Gasteiger partial charge in [-0.15, -0.1) is 0 Å². The molecule has 2 aromatic carbocycles. The monoisotopic (exact) mass is 393 g/mol. The number of benzene rings is 2. The molecule has 7 heteroatoms. The van der Waals surface area contributed by atoms with E-state index in [4.69, 9.17) is 27.1 Å². The molecule has 0 aliphatic heterocycles. The van der Waals surface area contributed by atoms with Gasteiger partial charge in [-0.2, -0.15) is 5.10 Å². The summed E-state index contributed by atoms with van der Waals surface area (Å²) in [7, 11) is 1.58. The second-order valence-corrected chi connectivity index (χ2v) is 6.84. The van der Waals surface area contributed by atoms with Crippen molar-refractivity contribution >= 4 is 28.5 Å². The molecule has 4 rings (SSSR count). The van der Waals surface area contributed by atoms with Crippen LogP contribution in [0, 0.1) is 0 Å². The lowest BCUT2D eigenvalue weighted by Crippen LogP contribution is -2.02. The second kappa shape index (κ2) is 7.48. The van der Waals surface area contributed by atoms with E-state index in [1.165, 1.54) is 5.56 Å². The molecule has 0 unspecified atom stereocenters. The van der Waals surface area contributed by atoms with E-state index in [9.17, 15) is 0 Å². The molecule has 2 aromatic heterocycles. The van der Waals surface area contributed by atoms with Gasteiger partial charge in [0, 0.05) is 23.4 Å². The third kappa shape index (κ3) is 3.27. The molecule has 142 valence electrons. The van der Waals surface area contributed by atoms with Crippen LogP contribution in [0.3, 0.4) is 0 Å². The molecule has 6 nitrogen and oxygen atoms in total. The molecule has 0 atom stereocenters. The number of halogens is 1. The summed E-state index contributed by atoms with van der Waals surface area (Å²) < 4.78 is 7.22. The summed E-state index contributed by atoms with van der Waals surface area (Å²) in [6, 6.07) is 11.9. The first kappa shape index (κ1) is 18.3. The van der Waals surface area contributed by atoms with Crippen molar-refractivity contribution in [2.75, 3.05) is 12.8 Å². The highest BCUT2D eigenvalue weighted by Gasteiger charge is 2.17. The Morgan fingerprint density at radius 2 is 1.96 bits per heavy atom. The molecule has 4 aromatic rings. The standard InChI is InChI=1S/C21H20ClN5O/c1-3-15-18(22)17(28-2)9-16-20(15)26-19(21(23)25-16)14-10-24-27(12-14)11-13-7-5-4-6-8-13/h4-10,12H,3,11H2,1-2H3,(H2,23,25). The largest absolute Gasteiger partial charge is 0.495 e. The van der Waals surface area contributed by atoms with Gasteiger partial charge < -0.3 is 10.5 Å². The molecular formula is C21H20ClN5O. The Labute approximate surface area is 167 Å². The average molecular weight is 394 g/mol. The second-order valence-electron chi connectivity index (χ2n) is 6.46. The molecule has 2 heterocycles. The Bertz CT molecular complexity index is 1140. The summed E-state index contributed by atoms with van der Waals surface area (Å²) in [6.07, 6.45) is 4.39. The zero-order chi connectivity index (χ0) is 19.7. The molecular weight excluding hydrogens is 374 g/mol. The van der Waals surface area contributed by atoms with Crippen LogP contribution in [-0.4, -0.2) is 26.9 Å². The number of nitrogen functional groups attached to an aromatic ring is 1. The molecule has 0 saturated heterocycles. The van der Waals surface area contributed by atoms with E-state index in [1.54, 1.807) is 19.4 Å². The molecule has 0 aliphatic carbocycles. The van der Waals surface area contributed by atoms with Gasteiger partial charge in [0.25, 0.3) is 0 Å². The zero-order valence-corrected chi connectivity index (χ0v) is 16.4. The van der Waals surface area contributed by atoms with Crippen LogP contribution in [0.5, 0.6) is 5.75 Å². The number of aromatic nitrogens is 4. The normalized spacial score (nSPS) is 11.1. The van der Waals surface area contributed by atoms with Gasteiger partial charge in [-0.3, -0.25) is 4.68 Å². The number of ether oxygens (including phenoxy) is 1. The summed E-state index contributed by atoms with van der Waals surface area (Å²) in [5.74, 6) is 0.918. The molecule has 0 spiro atoms. The fraction of sp³-hybridized carbons (Fsp3) is 0.190. The molecule has 2 N–H and O–H groups in total. The van der Waals surface area contributed by atoms with E-state index in [0.29, 0.717) is 40.8 Å². The number of fused-ring (bicyclic) bond motifs is 1. The summed E-state index contributed by atoms with van der Waals surface area (Å²) >= 11 is 6.48. The van der Waals surface area contributed by atoms with Crippen molar-refractivity contribution in [3.05, 3.63) is 64.9 Å². The molecule has 0 bridgehead atoms. The topological polar surface area (TPSA) is 78.9 Å². The predicted octanol–water partition coefficient (Wildman–Crippen LogP) is 4.35. The highest BCUT2D eigenvalue weighted by molar-refractivity contribution is 6.33. The molecule has 0 aliphatic rings. The SMILES string of the molecule is CCc1c(Cl)c(OC)cc2nc(N)c(-c3cnn(Cc4ccccc4)c3)nc12. The summed E-state index contributed by atoms with van der Waals surface area (Å²) in [5, 5.41) is 5.00. The van der Waals surface area contributed by atoms with Crippen LogP contribution >= 0.6 is 11.6 Å². The van der Waals surface area contributed by atoms with Gasteiger partial charge in [0.2, 0.25) is 0 Å². The Hall–Kier alpha value is -3.12. The first-order valence-electron chi connectivity index (χ1n) is 9.00. The fourth-order valence-electron chi connectivity index (χ4n) is 3.25. The van der Waals surface area contributed by atoms with E-state index in [0.717, 1.165) is 16.6 Å². The number of hydrogen-bond acceptors (Lipinski definition) is 5. The van der Waals surface area contributed by atoms with E-state index < -0.39 is 0 Å². The fourth-order valence-corrected chi connectivity index (χ4v) is 3.61. The van der Waals surface area contributed by atoms with E-state index in [1.807, 2.05) is 36.0 Å². The molecule has 0 amide bonds. The van der Waals surface area contributed by atoms with Crippen LogP contribution in [0.15, 0.2) is 48.8 Å². The van der Waals surface area contributed by atoms with Crippen LogP contribution in [-0.2, 0) is 13.0 Å². The minimum absolute atomic E-state index is 0.346. The number of methoxy groups -OCH3 is 1. The quantitative estimate of drug-likeness (QED) is 0.545. The maximum Gasteiger partial charge on any atom is 0.150 e. The lowest BCUT2D eigenvalue weighted by Gasteiger charge is -2.12. The minimum atomic E-state index is 0.346. The van der Waals surface area contributed by atoms with E-state index in [-0.39, 0.29) is 0 Å². The van der Waals surface area contributed by atoms with Gasteiger partial charge in [-0.05, 0) is 12.0 Å². The maximum absolute atomic E-state index is 6.48. The number of nitrogens with zero attached hydrogens (tertiary/aromatic N) is 4. The predicted molar refractivity (Wildman–Crippen MR) is 112 cm³/mol. The van der Waals surface area contributed by atoms with Crippen LogP contribution in [0.4, 0.5) is 5.82 Å². The molecule has 0 saturated carbocycles. The van der Waals surface area contributed by atoms with Gasteiger partial charge >= 0.3 is 0 Å². The Kier molecular flexibility index (Phi) is 4.88. The highest BCUT2D eigenvalue weighted by atomic mass is 35.5. The van der Waals surface area contributed by atoms with Crippen molar-refractivity contribution in [1.82, 2.24) is 19.7 Å². The third-order valence-corrected chi connectivity index (χ3v) is 5.07. The van der Waals surface area contributed by atoms with E-state index in [2.05, 4.69) is 22.2 Å². The van der Waals surface area contributed by atoms with Crippen LogP contribution < -0.4 is 10.5 Å². The smallest absolute Gasteiger partial charge is 0.150 e. The summed E-state index contributed by atoms with van der Waals surface area (Å²) in [4.78, 5) is 9.33. The molecule has 0 radical (unpaired) electrons. The average Bonchev–Trinajstić information content (AvgIpc) is 3.16. The van der Waals surface area contributed by atoms with Crippen LogP contribution in [0.1, 0.15) is 18.1 Å². The molecule has 0 fully saturated rings. The Morgan fingerprint density at radius 1 is 1.18 bits per heavy atom. The highest BCUT2D eigenvalue weighted by Crippen LogP contribution is 2.36. The first-order valence-corrected chi connectivity index (χ1v) is 9.37. The first-order chi connectivity index (χ1) is 13.6. The van der Waals surface area contributed by atoms with E-state index >= 15 is 0 Å². The van der Waals surface area contributed by atoms with Crippen molar-refractivity contribution in [3.8, 4) is 17.0 Å². The van der Waals surface area contributed by atoms with Crippen molar-refractivity contribution in [2.24, 2.45) is 0 Å². The number of hydrogen-bond donors (Lipinski definition) is 1. The van der Waals surface area contributed by atoms with Crippen molar-refractivity contribution in [3.63, 3.8) is 0 Å². The number of rotatable bonds is 5. The Morgan fingerprint density at radius 3 is 2.68 bits per heavy atom. The minimum Gasteiger partial charge on any atom is -0.495 e. The number of aryl methyl sites for hydroxylation is 1. The van der Waals surface area contributed by atoms with Gasteiger partial charge in [-0.1, -0.05) is 48.9 Å². The van der Waals surface area contributed by atoms with Crippen LogP contribution in [0.2, 0.25) is 5.02 Å².